The molecule has 0 aliphatic carbocycles. The number of benzene rings is 2. The molecule has 1 aliphatic heterocycles. The quantitative estimate of drug-likeness (QED) is 0.861. The predicted molar refractivity (Wildman–Crippen MR) is 88.1 cm³/mol. The van der Waals surface area contributed by atoms with E-state index in [-0.39, 0.29) is 6.42 Å². The summed E-state index contributed by atoms with van der Waals surface area (Å²) in [7, 11) is 0. The lowest BCUT2D eigenvalue weighted by Gasteiger charge is -2.20. The second kappa shape index (κ2) is 7.40. The number of hydrogen-bond acceptors (Lipinski definition) is 3. The summed E-state index contributed by atoms with van der Waals surface area (Å²) in [6.45, 7) is 3.09. The number of fused-ring (bicyclic) bond motifs is 1. The van der Waals surface area contributed by atoms with Crippen LogP contribution < -0.4 is 5.32 Å². The Morgan fingerprint density at radius 3 is 2.65 bits per heavy atom. The van der Waals surface area contributed by atoms with Crippen molar-refractivity contribution < 1.29 is 14.6 Å². The van der Waals surface area contributed by atoms with Crippen molar-refractivity contribution in [2.75, 3.05) is 6.61 Å². The third-order valence-corrected chi connectivity index (χ3v) is 4.16. The standard InChI is InChI=1S/C19H21NO3/c21-19(22)10-14-4-6-15(7-5-14)11-20-12-17-3-1-2-16-8-9-23-13-18(16)17/h1-7,20H,8-13H2,(H,21,22). The fraction of sp³-hybridized carbons (Fsp3) is 0.316. The van der Waals surface area contributed by atoms with Gasteiger partial charge >= 0.3 is 5.97 Å². The Bertz CT molecular complexity index is 680. The molecule has 3 rings (SSSR count). The zero-order valence-corrected chi connectivity index (χ0v) is 13.0. The van der Waals surface area contributed by atoms with Crippen molar-refractivity contribution in [1.29, 1.82) is 0 Å². The van der Waals surface area contributed by atoms with Crippen LogP contribution in [0.2, 0.25) is 0 Å². The molecule has 0 fully saturated rings. The minimum atomic E-state index is -0.799. The molecule has 0 saturated carbocycles. The van der Waals surface area contributed by atoms with Gasteiger partial charge in [-0.3, -0.25) is 4.79 Å². The van der Waals surface area contributed by atoms with Crippen molar-refractivity contribution in [2.45, 2.75) is 32.5 Å². The zero-order valence-electron chi connectivity index (χ0n) is 13.0. The lowest BCUT2D eigenvalue weighted by atomic mass is 9.98. The summed E-state index contributed by atoms with van der Waals surface area (Å²) < 4.78 is 5.57. The molecular weight excluding hydrogens is 290 g/mol. The van der Waals surface area contributed by atoms with Crippen LogP contribution >= 0.6 is 0 Å². The van der Waals surface area contributed by atoms with Gasteiger partial charge in [0.1, 0.15) is 0 Å². The fourth-order valence-electron chi connectivity index (χ4n) is 2.92. The van der Waals surface area contributed by atoms with Gasteiger partial charge in [-0.15, -0.1) is 0 Å². The van der Waals surface area contributed by atoms with Crippen LogP contribution in [-0.2, 0) is 42.1 Å². The summed E-state index contributed by atoms with van der Waals surface area (Å²) in [5.41, 5.74) is 6.00. The molecule has 4 heteroatoms. The molecule has 120 valence electrons. The summed E-state index contributed by atoms with van der Waals surface area (Å²) in [5, 5.41) is 12.2. The van der Waals surface area contributed by atoms with Crippen molar-refractivity contribution in [3.63, 3.8) is 0 Å². The summed E-state index contributed by atoms with van der Waals surface area (Å²) in [6, 6.07) is 14.2. The first kappa shape index (κ1) is 15.7. The van der Waals surface area contributed by atoms with Crippen LogP contribution in [0.1, 0.15) is 27.8 Å². The average Bonchev–Trinajstić information content (AvgIpc) is 2.56. The van der Waals surface area contributed by atoms with E-state index < -0.39 is 5.97 Å². The monoisotopic (exact) mass is 311 g/mol. The molecule has 1 heterocycles. The third-order valence-electron chi connectivity index (χ3n) is 4.16. The number of aliphatic carboxylic acids is 1. The van der Waals surface area contributed by atoms with Crippen molar-refractivity contribution in [3.8, 4) is 0 Å². The van der Waals surface area contributed by atoms with Crippen LogP contribution in [0.15, 0.2) is 42.5 Å². The number of carboxylic acids is 1. The number of hydrogen-bond donors (Lipinski definition) is 2. The maximum Gasteiger partial charge on any atom is 0.307 e. The van der Waals surface area contributed by atoms with Gasteiger partial charge in [0.15, 0.2) is 0 Å². The first-order chi connectivity index (χ1) is 11.2. The lowest BCUT2D eigenvalue weighted by Crippen LogP contribution is -2.17. The van der Waals surface area contributed by atoms with Crippen LogP contribution in [-0.4, -0.2) is 17.7 Å². The topological polar surface area (TPSA) is 58.6 Å². The maximum absolute atomic E-state index is 10.7. The molecule has 0 radical (unpaired) electrons. The number of carboxylic acid groups (broad SMARTS) is 1. The molecule has 2 N–H and O–H groups in total. The van der Waals surface area contributed by atoms with E-state index in [2.05, 4.69) is 23.5 Å². The van der Waals surface area contributed by atoms with Gasteiger partial charge in [0, 0.05) is 13.1 Å². The highest BCUT2D eigenvalue weighted by molar-refractivity contribution is 5.70. The average molecular weight is 311 g/mol. The lowest BCUT2D eigenvalue weighted by molar-refractivity contribution is -0.136. The highest BCUT2D eigenvalue weighted by atomic mass is 16.5. The van der Waals surface area contributed by atoms with E-state index in [9.17, 15) is 4.79 Å². The smallest absolute Gasteiger partial charge is 0.307 e. The SMILES string of the molecule is O=C(O)Cc1ccc(CNCc2cccc3c2COCC3)cc1. The first-order valence-electron chi connectivity index (χ1n) is 7.90. The Hall–Kier alpha value is -2.17. The Balaban J connectivity index is 1.56. The Morgan fingerprint density at radius 2 is 1.87 bits per heavy atom. The number of nitrogens with one attached hydrogen (secondary N) is 1. The summed E-state index contributed by atoms with van der Waals surface area (Å²) in [4.78, 5) is 10.7. The van der Waals surface area contributed by atoms with Gasteiger partial charge in [0.05, 0.1) is 19.6 Å². The first-order valence-corrected chi connectivity index (χ1v) is 7.90. The highest BCUT2D eigenvalue weighted by Gasteiger charge is 2.12. The molecule has 1 aliphatic rings. The van der Waals surface area contributed by atoms with Gasteiger partial charge in [-0.1, -0.05) is 42.5 Å². The van der Waals surface area contributed by atoms with E-state index in [1.54, 1.807) is 0 Å². The Kier molecular flexibility index (Phi) is 5.05. The fourth-order valence-corrected chi connectivity index (χ4v) is 2.92. The largest absolute Gasteiger partial charge is 0.481 e. The van der Waals surface area contributed by atoms with E-state index >= 15 is 0 Å². The van der Waals surface area contributed by atoms with Crippen LogP contribution in [0.3, 0.4) is 0 Å². The van der Waals surface area contributed by atoms with E-state index in [1.165, 1.54) is 16.7 Å². The van der Waals surface area contributed by atoms with E-state index in [0.717, 1.165) is 37.2 Å². The number of rotatable bonds is 6. The Morgan fingerprint density at radius 1 is 1.09 bits per heavy atom. The molecule has 0 bridgehead atoms. The van der Waals surface area contributed by atoms with E-state index in [1.807, 2.05) is 24.3 Å². The molecule has 0 amide bonds. The van der Waals surface area contributed by atoms with Crippen LogP contribution in [0.25, 0.3) is 0 Å². The van der Waals surface area contributed by atoms with Crippen molar-refractivity contribution in [2.24, 2.45) is 0 Å². The number of ether oxygens (including phenoxy) is 1. The van der Waals surface area contributed by atoms with Crippen LogP contribution in [0.4, 0.5) is 0 Å². The number of carbonyl (C=O) groups is 1. The van der Waals surface area contributed by atoms with Crippen molar-refractivity contribution >= 4 is 5.97 Å². The minimum Gasteiger partial charge on any atom is -0.481 e. The molecule has 0 aromatic heterocycles. The zero-order chi connectivity index (χ0) is 16.1. The molecule has 4 nitrogen and oxygen atoms in total. The van der Waals surface area contributed by atoms with E-state index in [0.29, 0.717) is 6.61 Å². The maximum atomic E-state index is 10.7. The predicted octanol–water partition coefficient (Wildman–Crippen LogP) is 2.68. The molecule has 0 atom stereocenters. The van der Waals surface area contributed by atoms with Crippen molar-refractivity contribution in [1.82, 2.24) is 5.32 Å². The Labute approximate surface area is 136 Å². The minimum absolute atomic E-state index is 0.0733. The molecule has 2 aromatic carbocycles. The molecule has 0 unspecified atom stereocenters. The molecule has 0 spiro atoms. The second-order valence-electron chi connectivity index (χ2n) is 5.85. The van der Waals surface area contributed by atoms with Gasteiger partial charge in [0.2, 0.25) is 0 Å². The van der Waals surface area contributed by atoms with Crippen LogP contribution in [0.5, 0.6) is 0 Å². The molecular formula is C19H21NO3. The summed E-state index contributed by atoms with van der Waals surface area (Å²) in [6.07, 6.45) is 1.07. The molecule has 0 saturated heterocycles. The van der Waals surface area contributed by atoms with Crippen LogP contribution in [0, 0.1) is 0 Å². The third kappa shape index (κ3) is 4.18. The van der Waals surface area contributed by atoms with Gasteiger partial charge < -0.3 is 15.2 Å². The van der Waals surface area contributed by atoms with E-state index in [4.69, 9.17) is 9.84 Å². The van der Waals surface area contributed by atoms with Gasteiger partial charge in [-0.2, -0.15) is 0 Å². The molecule has 2 aromatic rings. The summed E-state index contributed by atoms with van der Waals surface area (Å²) >= 11 is 0. The highest BCUT2D eigenvalue weighted by Crippen LogP contribution is 2.20. The van der Waals surface area contributed by atoms with Crippen molar-refractivity contribution in [3.05, 3.63) is 70.3 Å². The van der Waals surface area contributed by atoms with Gasteiger partial charge in [-0.05, 0) is 34.2 Å². The molecule has 23 heavy (non-hydrogen) atoms. The summed E-state index contributed by atoms with van der Waals surface area (Å²) in [5.74, 6) is -0.799. The normalized spacial score (nSPS) is 13.6. The second-order valence-corrected chi connectivity index (χ2v) is 5.85. The van der Waals surface area contributed by atoms with Gasteiger partial charge in [0.25, 0.3) is 0 Å². The van der Waals surface area contributed by atoms with Gasteiger partial charge in [-0.25, -0.2) is 0 Å².